The number of carboxylic acids is 1. The van der Waals surface area contributed by atoms with E-state index in [1.54, 1.807) is 6.07 Å². The molecule has 1 saturated heterocycles. The predicted molar refractivity (Wildman–Crippen MR) is 84.8 cm³/mol. The summed E-state index contributed by atoms with van der Waals surface area (Å²) in [7, 11) is 0. The van der Waals surface area contributed by atoms with Gasteiger partial charge in [-0.05, 0) is 19.1 Å². The van der Waals surface area contributed by atoms with Crippen molar-refractivity contribution in [2.75, 3.05) is 13.1 Å². The van der Waals surface area contributed by atoms with Gasteiger partial charge in [0.2, 0.25) is 0 Å². The molecule has 0 saturated carbocycles. The molecule has 10 heteroatoms. The van der Waals surface area contributed by atoms with Crippen LogP contribution in [0.25, 0.3) is 5.69 Å². The summed E-state index contributed by atoms with van der Waals surface area (Å²) in [4.78, 5) is 24.7. The molecule has 2 aromatic rings. The van der Waals surface area contributed by atoms with Crippen LogP contribution in [0.4, 0.5) is 17.6 Å². The van der Waals surface area contributed by atoms with Crippen molar-refractivity contribution in [1.29, 1.82) is 0 Å². The summed E-state index contributed by atoms with van der Waals surface area (Å²) in [5.74, 6) is -6.82. The molecule has 1 aromatic carbocycles. The number of benzene rings is 1. The molecule has 0 unspecified atom stereocenters. The number of nitrogens with zero attached hydrogens (tertiary/aromatic N) is 3. The van der Waals surface area contributed by atoms with Crippen LogP contribution in [0, 0.1) is 24.6 Å². The Kier molecular flexibility index (Phi) is 4.66. The Bertz CT molecular complexity index is 894. The van der Waals surface area contributed by atoms with Gasteiger partial charge in [0.25, 0.3) is 5.91 Å². The van der Waals surface area contributed by atoms with Gasteiger partial charge in [0, 0.05) is 13.1 Å². The number of alkyl halides is 3. The van der Waals surface area contributed by atoms with Gasteiger partial charge in [-0.15, -0.1) is 0 Å². The smallest absolute Gasteiger partial charge is 0.394 e. The standard InChI is InChI=1S/C17H15F4N3O3/c1-9-10(6-22-24(9)14-5-3-2-4-13(14)18)15(25)23-7-11(16(26)27)12(8-23)17(19,20)21/h2-6,11-12H,7-8H2,1H3,(H,26,27)/t11-,12-/m1/s1. The molecule has 0 spiro atoms. The zero-order chi connectivity index (χ0) is 19.9. The van der Waals surface area contributed by atoms with Gasteiger partial charge >= 0.3 is 12.1 Å². The van der Waals surface area contributed by atoms with Crippen LogP contribution in [0.2, 0.25) is 0 Å². The molecule has 1 aromatic heterocycles. The van der Waals surface area contributed by atoms with E-state index in [0.717, 1.165) is 11.1 Å². The third-order valence-electron chi connectivity index (χ3n) is 4.67. The fourth-order valence-corrected chi connectivity index (χ4v) is 3.21. The highest BCUT2D eigenvalue weighted by molar-refractivity contribution is 5.95. The van der Waals surface area contributed by atoms with Gasteiger partial charge in [0.1, 0.15) is 11.5 Å². The molecule has 27 heavy (non-hydrogen) atoms. The van der Waals surface area contributed by atoms with Crippen molar-refractivity contribution in [3.05, 3.63) is 47.5 Å². The monoisotopic (exact) mass is 385 g/mol. The van der Waals surface area contributed by atoms with Gasteiger partial charge < -0.3 is 10.0 Å². The van der Waals surface area contributed by atoms with E-state index in [9.17, 15) is 27.2 Å². The molecule has 2 heterocycles. The lowest BCUT2D eigenvalue weighted by Gasteiger charge is -2.18. The van der Waals surface area contributed by atoms with Crippen molar-refractivity contribution in [2.24, 2.45) is 11.8 Å². The predicted octanol–water partition coefficient (Wildman–Crippen LogP) is 2.65. The topological polar surface area (TPSA) is 75.4 Å². The minimum Gasteiger partial charge on any atom is -0.481 e. The number of hydrogen-bond acceptors (Lipinski definition) is 3. The molecule has 3 rings (SSSR count). The highest BCUT2D eigenvalue weighted by atomic mass is 19.4. The molecule has 1 aliphatic rings. The van der Waals surface area contributed by atoms with Crippen molar-refractivity contribution in [1.82, 2.24) is 14.7 Å². The van der Waals surface area contributed by atoms with Crippen molar-refractivity contribution < 1.29 is 32.3 Å². The molecular weight excluding hydrogens is 370 g/mol. The Morgan fingerprint density at radius 1 is 1.22 bits per heavy atom. The van der Waals surface area contributed by atoms with Crippen molar-refractivity contribution in [3.8, 4) is 5.69 Å². The van der Waals surface area contributed by atoms with E-state index in [0.29, 0.717) is 0 Å². The zero-order valence-electron chi connectivity index (χ0n) is 14.1. The van der Waals surface area contributed by atoms with E-state index in [4.69, 9.17) is 5.11 Å². The number of carbonyl (C=O) groups is 2. The number of carbonyl (C=O) groups excluding carboxylic acids is 1. The minimum absolute atomic E-state index is 0.00906. The molecule has 0 radical (unpaired) electrons. The van der Waals surface area contributed by atoms with Crippen LogP contribution in [-0.4, -0.2) is 50.9 Å². The zero-order valence-corrected chi connectivity index (χ0v) is 14.1. The second-order valence-electron chi connectivity index (χ2n) is 6.31. The van der Waals surface area contributed by atoms with Gasteiger partial charge in [-0.2, -0.15) is 18.3 Å². The van der Waals surface area contributed by atoms with E-state index < -0.39 is 48.8 Å². The number of amides is 1. The van der Waals surface area contributed by atoms with Crippen LogP contribution in [0.15, 0.2) is 30.5 Å². The lowest BCUT2D eigenvalue weighted by molar-refractivity contribution is -0.187. The van der Waals surface area contributed by atoms with Gasteiger partial charge in [0.05, 0.1) is 29.3 Å². The molecule has 6 nitrogen and oxygen atoms in total. The fourth-order valence-electron chi connectivity index (χ4n) is 3.21. The number of halogens is 4. The first-order chi connectivity index (χ1) is 12.6. The lowest BCUT2D eigenvalue weighted by atomic mass is 9.96. The van der Waals surface area contributed by atoms with Crippen LogP contribution < -0.4 is 0 Å². The van der Waals surface area contributed by atoms with Crippen LogP contribution in [0.5, 0.6) is 0 Å². The molecule has 2 atom stereocenters. The lowest BCUT2D eigenvalue weighted by Crippen LogP contribution is -2.34. The molecule has 144 valence electrons. The second-order valence-corrected chi connectivity index (χ2v) is 6.31. The molecule has 1 aliphatic heterocycles. The molecule has 0 aliphatic carbocycles. The first kappa shape index (κ1) is 18.9. The molecule has 1 N–H and O–H groups in total. The number of aromatic nitrogens is 2. The summed E-state index contributed by atoms with van der Waals surface area (Å²) in [6.07, 6.45) is -3.59. The number of likely N-dealkylation sites (tertiary alicyclic amines) is 1. The SMILES string of the molecule is Cc1c(C(=O)N2C[C@@H](C(F)(F)F)[C@H](C(=O)O)C2)cnn1-c1ccccc1F. The van der Waals surface area contributed by atoms with Gasteiger partial charge in [-0.1, -0.05) is 12.1 Å². The van der Waals surface area contributed by atoms with Crippen LogP contribution in [-0.2, 0) is 4.79 Å². The van der Waals surface area contributed by atoms with Crippen LogP contribution in [0.1, 0.15) is 16.1 Å². The Morgan fingerprint density at radius 3 is 2.44 bits per heavy atom. The Balaban J connectivity index is 1.89. The third-order valence-corrected chi connectivity index (χ3v) is 4.67. The summed E-state index contributed by atoms with van der Waals surface area (Å²) in [5.41, 5.74) is 0.324. The molecule has 1 amide bonds. The number of aliphatic carboxylic acids is 1. The maximum absolute atomic E-state index is 13.9. The summed E-state index contributed by atoms with van der Waals surface area (Å²) < 4.78 is 54.4. The number of hydrogen-bond donors (Lipinski definition) is 1. The average molecular weight is 385 g/mol. The van der Waals surface area contributed by atoms with E-state index in [1.807, 2.05) is 0 Å². The second kappa shape index (κ2) is 6.67. The van der Waals surface area contributed by atoms with Crippen molar-refractivity contribution in [2.45, 2.75) is 13.1 Å². The summed E-state index contributed by atoms with van der Waals surface area (Å²) >= 11 is 0. The first-order valence-corrected chi connectivity index (χ1v) is 7.99. The maximum Gasteiger partial charge on any atom is 0.394 e. The minimum atomic E-state index is -4.73. The molecule has 0 bridgehead atoms. The van der Waals surface area contributed by atoms with E-state index in [-0.39, 0.29) is 16.9 Å². The largest absolute Gasteiger partial charge is 0.481 e. The molecular formula is C17H15F4N3O3. The first-order valence-electron chi connectivity index (χ1n) is 7.99. The number of rotatable bonds is 3. The van der Waals surface area contributed by atoms with Gasteiger partial charge in [0.15, 0.2) is 0 Å². The highest BCUT2D eigenvalue weighted by Gasteiger charge is 2.53. The quantitative estimate of drug-likeness (QED) is 0.825. The van der Waals surface area contributed by atoms with Crippen molar-refractivity contribution >= 4 is 11.9 Å². The normalized spacial score (nSPS) is 20.1. The van der Waals surface area contributed by atoms with Crippen LogP contribution >= 0.6 is 0 Å². The van der Waals surface area contributed by atoms with Crippen LogP contribution in [0.3, 0.4) is 0 Å². The Morgan fingerprint density at radius 2 is 1.89 bits per heavy atom. The highest BCUT2D eigenvalue weighted by Crippen LogP contribution is 2.38. The Hall–Kier alpha value is -2.91. The fraction of sp³-hybridized carbons (Fsp3) is 0.353. The van der Waals surface area contributed by atoms with Gasteiger partial charge in [-0.3, -0.25) is 9.59 Å². The average Bonchev–Trinajstić information content (AvgIpc) is 3.19. The summed E-state index contributed by atoms with van der Waals surface area (Å²) in [6.45, 7) is 0.185. The number of para-hydroxylation sites is 1. The number of carboxylic acid groups (broad SMARTS) is 1. The van der Waals surface area contributed by atoms with E-state index in [2.05, 4.69) is 5.10 Å². The van der Waals surface area contributed by atoms with E-state index in [1.165, 1.54) is 29.8 Å². The van der Waals surface area contributed by atoms with Gasteiger partial charge in [-0.25, -0.2) is 9.07 Å². The maximum atomic E-state index is 13.9. The summed E-state index contributed by atoms with van der Waals surface area (Å²) in [5, 5.41) is 13.0. The van der Waals surface area contributed by atoms with E-state index >= 15 is 0 Å². The summed E-state index contributed by atoms with van der Waals surface area (Å²) in [6, 6.07) is 5.72. The molecule has 1 fully saturated rings. The van der Waals surface area contributed by atoms with Crippen molar-refractivity contribution in [3.63, 3.8) is 0 Å². The third kappa shape index (κ3) is 3.38. The Labute approximate surface area is 151 Å².